The van der Waals surface area contributed by atoms with Gasteiger partial charge in [-0.2, -0.15) is 0 Å². The molecule has 2 aromatic carbocycles. The molecular formula is C19H24N2O2. The van der Waals surface area contributed by atoms with Crippen LogP contribution in [0.2, 0.25) is 0 Å². The Kier molecular flexibility index (Phi) is 5.77. The van der Waals surface area contributed by atoms with Crippen molar-refractivity contribution in [2.45, 2.75) is 26.5 Å². The third-order valence-electron chi connectivity index (χ3n) is 3.63. The summed E-state index contributed by atoms with van der Waals surface area (Å²) in [4.78, 5) is 13.4. The molecule has 0 fully saturated rings. The molecule has 2 N–H and O–H groups in total. The second kappa shape index (κ2) is 7.79. The summed E-state index contributed by atoms with van der Waals surface area (Å²) in [5, 5.41) is 12.1. The molecule has 2 amide bonds. The Bertz CT molecular complexity index is 651. The third kappa shape index (κ3) is 5.11. The van der Waals surface area contributed by atoms with Gasteiger partial charge >= 0.3 is 6.03 Å². The maximum atomic E-state index is 11.9. The fourth-order valence-electron chi connectivity index (χ4n) is 2.43. The summed E-state index contributed by atoms with van der Waals surface area (Å²) >= 11 is 0. The zero-order chi connectivity index (χ0) is 16.8. The number of hydrogen-bond acceptors (Lipinski definition) is 2. The molecule has 4 heteroatoms. The standard InChI is InChI=1S/C19H24N2O2/c1-14-5-4-6-18(11-14)17-9-7-16(8-10-17)12-20-19(23)21(3)13-15(2)22/h4-11,15,22H,12-13H2,1-3H3,(H,20,23). The van der Waals surface area contributed by atoms with Gasteiger partial charge in [0.15, 0.2) is 0 Å². The number of nitrogens with zero attached hydrogens (tertiary/aromatic N) is 1. The predicted molar refractivity (Wildman–Crippen MR) is 93.2 cm³/mol. The van der Waals surface area contributed by atoms with Crippen molar-refractivity contribution in [3.8, 4) is 11.1 Å². The first kappa shape index (κ1) is 17.0. The molecule has 0 aliphatic carbocycles. The largest absolute Gasteiger partial charge is 0.392 e. The number of hydrogen-bond donors (Lipinski definition) is 2. The van der Waals surface area contributed by atoms with Crippen LogP contribution >= 0.6 is 0 Å². The molecule has 1 unspecified atom stereocenters. The van der Waals surface area contributed by atoms with Crippen molar-refractivity contribution in [3.63, 3.8) is 0 Å². The summed E-state index contributed by atoms with van der Waals surface area (Å²) in [6.07, 6.45) is -0.528. The first-order valence-electron chi connectivity index (χ1n) is 7.78. The molecule has 0 saturated heterocycles. The lowest BCUT2D eigenvalue weighted by Gasteiger charge is -2.19. The van der Waals surface area contributed by atoms with E-state index in [1.165, 1.54) is 16.0 Å². The minimum Gasteiger partial charge on any atom is -0.392 e. The SMILES string of the molecule is Cc1cccc(-c2ccc(CNC(=O)N(C)CC(C)O)cc2)c1. The molecular weight excluding hydrogens is 288 g/mol. The smallest absolute Gasteiger partial charge is 0.317 e. The van der Waals surface area contributed by atoms with Crippen LogP contribution in [-0.4, -0.2) is 35.7 Å². The number of carbonyl (C=O) groups is 1. The molecule has 0 saturated carbocycles. The average Bonchev–Trinajstić information content (AvgIpc) is 2.52. The summed E-state index contributed by atoms with van der Waals surface area (Å²) in [5.41, 5.74) is 4.63. The van der Waals surface area contributed by atoms with Gasteiger partial charge in [-0.3, -0.25) is 0 Å². The number of carbonyl (C=O) groups excluding carboxylic acids is 1. The molecule has 1 atom stereocenters. The van der Waals surface area contributed by atoms with Crippen molar-refractivity contribution in [1.29, 1.82) is 0 Å². The minimum atomic E-state index is -0.528. The second-order valence-electron chi connectivity index (χ2n) is 5.95. The van der Waals surface area contributed by atoms with Gasteiger partial charge in [0.05, 0.1) is 6.10 Å². The number of urea groups is 1. The van der Waals surface area contributed by atoms with Gasteiger partial charge < -0.3 is 15.3 Å². The summed E-state index contributed by atoms with van der Waals surface area (Å²) < 4.78 is 0. The lowest BCUT2D eigenvalue weighted by Crippen LogP contribution is -2.40. The molecule has 0 bridgehead atoms. The Morgan fingerprint density at radius 1 is 1.17 bits per heavy atom. The monoisotopic (exact) mass is 312 g/mol. The second-order valence-corrected chi connectivity index (χ2v) is 5.95. The number of rotatable bonds is 5. The average molecular weight is 312 g/mol. The quantitative estimate of drug-likeness (QED) is 0.891. The van der Waals surface area contributed by atoms with E-state index in [1.54, 1.807) is 14.0 Å². The van der Waals surface area contributed by atoms with Crippen LogP contribution < -0.4 is 5.32 Å². The van der Waals surface area contributed by atoms with Crippen molar-refractivity contribution < 1.29 is 9.90 Å². The van der Waals surface area contributed by atoms with Crippen LogP contribution in [0.5, 0.6) is 0 Å². The predicted octanol–water partition coefficient (Wildman–Crippen LogP) is 3.18. The lowest BCUT2D eigenvalue weighted by molar-refractivity contribution is 0.143. The Hall–Kier alpha value is -2.33. The summed E-state index contributed by atoms with van der Waals surface area (Å²) in [5.74, 6) is 0. The summed E-state index contributed by atoms with van der Waals surface area (Å²) in [7, 11) is 1.67. The highest BCUT2D eigenvalue weighted by Crippen LogP contribution is 2.20. The fraction of sp³-hybridized carbons (Fsp3) is 0.316. The first-order chi connectivity index (χ1) is 11.0. The molecule has 4 nitrogen and oxygen atoms in total. The highest BCUT2D eigenvalue weighted by Gasteiger charge is 2.10. The van der Waals surface area contributed by atoms with Gasteiger partial charge in [-0.1, -0.05) is 54.1 Å². The van der Waals surface area contributed by atoms with Gasteiger partial charge in [-0.05, 0) is 30.5 Å². The number of amides is 2. The van der Waals surface area contributed by atoms with E-state index in [0.29, 0.717) is 13.1 Å². The van der Waals surface area contributed by atoms with Crippen LogP contribution in [0.3, 0.4) is 0 Å². The molecule has 0 radical (unpaired) electrons. The maximum Gasteiger partial charge on any atom is 0.317 e. The minimum absolute atomic E-state index is 0.186. The molecule has 0 aliphatic heterocycles. The van der Waals surface area contributed by atoms with E-state index in [0.717, 1.165) is 11.1 Å². The van der Waals surface area contributed by atoms with E-state index < -0.39 is 6.10 Å². The van der Waals surface area contributed by atoms with E-state index in [9.17, 15) is 9.90 Å². The van der Waals surface area contributed by atoms with Gasteiger partial charge in [0.1, 0.15) is 0 Å². The summed E-state index contributed by atoms with van der Waals surface area (Å²) in [6.45, 7) is 4.53. The van der Waals surface area contributed by atoms with Crippen LogP contribution in [0.4, 0.5) is 4.79 Å². The van der Waals surface area contributed by atoms with Crippen molar-refractivity contribution in [2.75, 3.05) is 13.6 Å². The van der Waals surface area contributed by atoms with Crippen LogP contribution in [0.15, 0.2) is 48.5 Å². The number of nitrogens with one attached hydrogen (secondary N) is 1. The van der Waals surface area contributed by atoms with Crippen LogP contribution in [0.1, 0.15) is 18.1 Å². The molecule has 2 aromatic rings. The first-order valence-corrected chi connectivity index (χ1v) is 7.78. The van der Waals surface area contributed by atoms with Crippen LogP contribution in [0.25, 0.3) is 11.1 Å². The highest BCUT2D eigenvalue weighted by atomic mass is 16.3. The lowest BCUT2D eigenvalue weighted by atomic mass is 10.0. The highest BCUT2D eigenvalue weighted by molar-refractivity contribution is 5.74. The van der Waals surface area contributed by atoms with Crippen molar-refractivity contribution in [1.82, 2.24) is 10.2 Å². The zero-order valence-electron chi connectivity index (χ0n) is 13.9. The molecule has 0 aliphatic rings. The molecule has 2 rings (SSSR count). The number of benzene rings is 2. The Balaban J connectivity index is 1.94. The molecule has 23 heavy (non-hydrogen) atoms. The van der Waals surface area contributed by atoms with Gasteiger partial charge in [-0.25, -0.2) is 4.79 Å². The molecule has 0 heterocycles. The number of aliphatic hydroxyl groups excluding tert-OH is 1. The zero-order valence-corrected chi connectivity index (χ0v) is 13.9. The molecule has 0 aromatic heterocycles. The van der Waals surface area contributed by atoms with Crippen LogP contribution in [-0.2, 0) is 6.54 Å². The van der Waals surface area contributed by atoms with Crippen molar-refractivity contribution in [3.05, 3.63) is 59.7 Å². The van der Waals surface area contributed by atoms with Gasteiger partial charge in [0.25, 0.3) is 0 Å². The van der Waals surface area contributed by atoms with Gasteiger partial charge in [-0.15, -0.1) is 0 Å². The van der Waals surface area contributed by atoms with Gasteiger partial charge in [0, 0.05) is 20.1 Å². The Morgan fingerprint density at radius 3 is 2.48 bits per heavy atom. The van der Waals surface area contributed by atoms with Crippen LogP contribution in [0, 0.1) is 6.92 Å². The van der Waals surface area contributed by atoms with Crippen molar-refractivity contribution >= 4 is 6.03 Å². The summed E-state index contributed by atoms with van der Waals surface area (Å²) in [6, 6.07) is 16.4. The third-order valence-corrected chi connectivity index (χ3v) is 3.63. The van der Waals surface area contributed by atoms with E-state index in [1.807, 2.05) is 12.1 Å². The number of aliphatic hydroxyl groups is 1. The van der Waals surface area contributed by atoms with E-state index in [2.05, 4.69) is 48.6 Å². The van der Waals surface area contributed by atoms with E-state index in [-0.39, 0.29) is 6.03 Å². The Morgan fingerprint density at radius 2 is 1.87 bits per heavy atom. The Labute approximate surface area is 137 Å². The molecule has 122 valence electrons. The van der Waals surface area contributed by atoms with Crippen molar-refractivity contribution in [2.24, 2.45) is 0 Å². The van der Waals surface area contributed by atoms with Gasteiger partial charge in [0.2, 0.25) is 0 Å². The fourth-order valence-corrected chi connectivity index (χ4v) is 2.43. The number of likely N-dealkylation sites (N-methyl/N-ethyl adjacent to an activating group) is 1. The van der Waals surface area contributed by atoms with E-state index >= 15 is 0 Å². The normalized spacial score (nSPS) is 11.8. The molecule has 0 spiro atoms. The van der Waals surface area contributed by atoms with E-state index in [4.69, 9.17) is 0 Å². The maximum absolute atomic E-state index is 11.9. The number of aryl methyl sites for hydroxylation is 1. The topological polar surface area (TPSA) is 52.6 Å².